The fourth-order valence-corrected chi connectivity index (χ4v) is 4.28. The number of unbranched alkanes of at least 4 members (excludes halogenated alkanes) is 4. The molecule has 0 saturated carbocycles. The Labute approximate surface area is 182 Å². The lowest BCUT2D eigenvalue weighted by Gasteiger charge is -2.28. The Balaban J connectivity index is 1.24. The molecule has 1 saturated heterocycles. The number of nitrogens with one attached hydrogen (secondary N) is 1. The van der Waals surface area contributed by atoms with Crippen LogP contribution in [0.1, 0.15) is 51.0 Å². The van der Waals surface area contributed by atoms with Gasteiger partial charge in [0.15, 0.2) is 0 Å². The van der Waals surface area contributed by atoms with Crippen LogP contribution in [0.4, 0.5) is 5.69 Å². The largest absolute Gasteiger partial charge is 0.492 e. The summed E-state index contributed by atoms with van der Waals surface area (Å²) >= 11 is 6.64. The smallest absolute Gasteiger partial charge is 0.249 e. The van der Waals surface area contributed by atoms with Crippen LogP contribution in [0.15, 0.2) is 35.8 Å². The number of aromatic nitrogens is 2. The number of benzene rings is 1. The second kappa shape index (κ2) is 9.51. The summed E-state index contributed by atoms with van der Waals surface area (Å²) in [6.45, 7) is 4.25. The maximum Gasteiger partial charge on any atom is 0.249 e. The first-order chi connectivity index (χ1) is 14.7. The van der Waals surface area contributed by atoms with Crippen LogP contribution >= 0.6 is 11.6 Å². The van der Waals surface area contributed by atoms with E-state index in [1.807, 2.05) is 42.7 Å². The van der Waals surface area contributed by atoms with Crippen LogP contribution in [-0.4, -0.2) is 39.0 Å². The highest BCUT2D eigenvalue weighted by molar-refractivity contribution is 6.33. The lowest BCUT2D eigenvalue weighted by atomic mass is 10.1. The number of halogens is 1. The Kier molecular flexibility index (Phi) is 6.57. The molecule has 2 aromatic rings. The minimum absolute atomic E-state index is 0.00155. The first-order valence-corrected chi connectivity index (χ1v) is 11.1. The summed E-state index contributed by atoms with van der Waals surface area (Å²) in [7, 11) is 0. The third kappa shape index (κ3) is 4.46. The van der Waals surface area contributed by atoms with Crippen molar-refractivity contribution in [2.45, 2.75) is 64.6 Å². The highest BCUT2D eigenvalue weighted by Crippen LogP contribution is 2.39. The van der Waals surface area contributed by atoms with Crippen LogP contribution in [0.25, 0.3) is 0 Å². The molecule has 1 aromatic heterocycles. The minimum Gasteiger partial charge on any atom is -0.492 e. The fourth-order valence-electron chi connectivity index (χ4n) is 4.01. The van der Waals surface area contributed by atoms with Gasteiger partial charge in [-0.2, -0.15) is 0 Å². The number of hydrogen-bond donors (Lipinski definition) is 1. The molecule has 1 atom stereocenters. The van der Waals surface area contributed by atoms with Crippen molar-refractivity contribution in [2.75, 3.05) is 6.61 Å². The number of fused-ring (bicyclic) bond motifs is 2. The van der Waals surface area contributed by atoms with E-state index in [0.717, 1.165) is 37.1 Å². The number of ether oxygens (including phenoxy) is 1. The SMILES string of the molecule is CCC1C(=O)NC2=Nc3ccc(OCCCCCCCn4ccnc4)c(Cl)c3CN21. The van der Waals surface area contributed by atoms with Crippen molar-refractivity contribution < 1.29 is 9.53 Å². The lowest BCUT2D eigenvalue weighted by Crippen LogP contribution is -2.36. The molecule has 1 N–H and O–H groups in total. The van der Waals surface area contributed by atoms with E-state index in [0.29, 0.717) is 29.9 Å². The maximum absolute atomic E-state index is 12.1. The minimum atomic E-state index is -0.189. The summed E-state index contributed by atoms with van der Waals surface area (Å²) in [6.07, 6.45) is 12.1. The van der Waals surface area contributed by atoms with Crippen molar-refractivity contribution in [2.24, 2.45) is 4.99 Å². The third-order valence-corrected chi connectivity index (χ3v) is 6.10. The van der Waals surface area contributed by atoms with Gasteiger partial charge in [-0.15, -0.1) is 0 Å². The predicted octanol–water partition coefficient (Wildman–Crippen LogP) is 4.28. The molecule has 1 fully saturated rings. The standard InChI is InChI=1S/C22H28ClN5O2/c1-2-18-21(29)26-22-25-17-8-9-19(20(23)16(17)14-28(18)22)30-13-7-5-3-4-6-11-27-12-10-24-15-27/h8-10,12,15,18H,2-7,11,13-14H2,1H3,(H,25,26,29). The van der Waals surface area contributed by atoms with Crippen LogP contribution < -0.4 is 10.1 Å². The molecule has 0 aliphatic carbocycles. The molecule has 0 spiro atoms. The molecule has 1 unspecified atom stereocenters. The fraction of sp³-hybridized carbons (Fsp3) is 0.500. The average Bonchev–Trinajstić information content (AvgIpc) is 3.36. The summed E-state index contributed by atoms with van der Waals surface area (Å²) in [5.74, 6) is 1.32. The second-order valence-electron chi connectivity index (χ2n) is 7.77. The van der Waals surface area contributed by atoms with E-state index in [1.54, 1.807) is 0 Å². The molecule has 2 aliphatic heterocycles. The summed E-state index contributed by atoms with van der Waals surface area (Å²) in [5, 5.41) is 3.46. The van der Waals surface area contributed by atoms with Gasteiger partial charge in [0.1, 0.15) is 11.8 Å². The maximum atomic E-state index is 12.1. The van der Waals surface area contributed by atoms with Crippen molar-refractivity contribution in [1.29, 1.82) is 0 Å². The Morgan fingerprint density at radius 2 is 2.07 bits per heavy atom. The number of guanidine groups is 1. The average molecular weight is 430 g/mol. The van der Waals surface area contributed by atoms with Crippen molar-refractivity contribution in [3.8, 4) is 5.75 Å². The predicted molar refractivity (Wildman–Crippen MR) is 117 cm³/mol. The van der Waals surface area contributed by atoms with Gasteiger partial charge < -0.3 is 14.2 Å². The Hall–Kier alpha value is -2.54. The molecule has 7 nitrogen and oxygen atoms in total. The molecule has 0 bridgehead atoms. The number of amides is 1. The monoisotopic (exact) mass is 429 g/mol. The van der Waals surface area contributed by atoms with E-state index in [9.17, 15) is 4.79 Å². The van der Waals surface area contributed by atoms with Gasteiger partial charge >= 0.3 is 0 Å². The van der Waals surface area contributed by atoms with Crippen LogP contribution in [0, 0.1) is 0 Å². The van der Waals surface area contributed by atoms with Crippen LogP contribution in [0.3, 0.4) is 0 Å². The first kappa shape index (κ1) is 20.7. The molecule has 160 valence electrons. The summed E-state index contributed by atoms with van der Waals surface area (Å²) in [5.41, 5.74) is 1.72. The van der Waals surface area contributed by atoms with E-state index in [1.165, 1.54) is 19.3 Å². The summed E-state index contributed by atoms with van der Waals surface area (Å²) < 4.78 is 8.08. The molecule has 1 amide bonds. The van der Waals surface area contributed by atoms with Crippen LogP contribution in [0.5, 0.6) is 5.75 Å². The topological polar surface area (TPSA) is 71.7 Å². The Morgan fingerprint density at radius 1 is 1.23 bits per heavy atom. The summed E-state index contributed by atoms with van der Waals surface area (Å²) in [4.78, 5) is 22.7. The van der Waals surface area contributed by atoms with Crippen molar-refractivity contribution in [3.63, 3.8) is 0 Å². The van der Waals surface area contributed by atoms with E-state index in [-0.39, 0.29) is 11.9 Å². The number of aliphatic imine (C=N–C) groups is 1. The quantitative estimate of drug-likeness (QED) is 0.572. The molecular formula is C22H28ClN5O2. The van der Waals surface area contributed by atoms with Crippen molar-refractivity contribution in [1.82, 2.24) is 19.8 Å². The zero-order valence-corrected chi connectivity index (χ0v) is 18.1. The van der Waals surface area contributed by atoms with Gasteiger partial charge in [0, 0.05) is 24.5 Å². The normalized spacial score (nSPS) is 17.4. The molecule has 2 aliphatic rings. The van der Waals surface area contributed by atoms with E-state index < -0.39 is 0 Å². The van der Waals surface area contributed by atoms with Crippen molar-refractivity contribution in [3.05, 3.63) is 41.4 Å². The Bertz CT molecular complexity index is 913. The Morgan fingerprint density at radius 3 is 2.87 bits per heavy atom. The number of carbonyl (C=O) groups excluding carboxylic acids is 1. The number of carbonyl (C=O) groups is 1. The number of rotatable bonds is 10. The van der Waals surface area contributed by atoms with Gasteiger partial charge in [-0.25, -0.2) is 9.98 Å². The van der Waals surface area contributed by atoms with Gasteiger partial charge in [-0.3, -0.25) is 10.1 Å². The molecule has 8 heteroatoms. The lowest BCUT2D eigenvalue weighted by molar-refractivity contribution is -0.121. The molecule has 1 aromatic carbocycles. The summed E-state index contributed by atoms with van der Waals surface area (Å²) in [6, 6.07) is 3.61. The zero-order valence-electron chi connectivity index (χ0n) is 17.3. The highest BCUT2D eigenvalue weighted by Gasteiger charge is 2.38. The first-order valence-electron chi connectivity index (χ1n) is 10.7. The molecule has 4 rings (SSSR count). The molecule has 3 heterocycles. The van der Waals surface area contributed by atoms with Gasteiger partial charge in [-0.1, -0.05) is 37.8 Å². The second-order valence-corrected chi connectivity index (χ2v) is 8.15. The van der Waals surface area contributed by atoms with Crippen LogP contribution in [0.2, 0.25) is 5.02 Å². The van der Waals surface area contributed by atoms with E-state index in [2.05, 4.69) is 19.9 Å². The highest BCUT2D eigenvalue weighted by atomic mass is 35.5. The van der Waals surface area contributed by atoms with Gasteiger partial charge in [0.25, 0.3) is 0 Å². The van der Waals surface area contributed by atoms with Gasteiger partial charge in [-0.05, 0) is 31.4 Å². The number of imidazole rings is 1. The van der Waals surface area contributed by atoms with Crippen molar-refractivity contribution >= 4 is 29.2 Å². The van der Waals surface area contributed by atoms with Gasteiger partial charge in [0.2, 0.25) is 11.9 Å². The number of hydrogen-bond acceptors (Lipinski definition) is 5. The number of aryl methyl sites for hydroxylation is 1. The van der Waals surface area contributed by atoms with Crippen LogP contribution in [-0.2, 0) is 17.9 Å². The third-order valence-electron chi connectivity index (χ3n) is 5.69. The van der Waals surface area contributed by atoms with E-state index >= 15 is 0 Å². The molecule has 30 heavy (non-hydrogen) atoms. The molecule has 0 radical (unpaired) electrons. The van der Waals surface area contributed by atoms with Gasteiger partial charge in [0.05, 0.1) is 30.2 Å². The number of nitrogens with zero attached hydrogens (tertiary/aromatic N) is 4. The molecular weight excluding hydrogens is 402 g/mol. The zero-order chi connectivity index (χ0) is 20.9. The van der Waals surface area contributed by atoms with E-state index in [4.69, 9.17) is 16.3 Å².